The number of aliphatic hydroxyl groups excluding tert-OH is 1. The lowest BCUT2D eigenvalue weighted by molar-refractivity contribution is 0.219. The molecule has 0 saturated heterocycles. The number of rotatable bonds is 8. The molecule has 0 spiro atoms. The van der Waals surface area contributed by atoms with Crippen molar-refractivity contribution in [2.75, 3.05) is 18.6 Å². The molecule has 0 fully saturated rings. The Morgan fingerprint density at radius 2 is 1.90 bits per heavy atom. The normalized spacial score (nSPS) is 12.1. The number of aromatic nitrogens is 2. The van der Waals surface area contributed by atoms with Crippen LogP contribution in [0, 0.1) is 0 Å². The maximum Gasteiger partial charge on any atom is 0.246 e. The largest absolute Gasteiger partial charge is 0.395 e. The summed E-state index contributed by atoms with van der Waals surface area (Å²) in [4.78, 5) is 7.59. The fourth-order valence-corrected chi connectivity index (χ4v) is 3.61. The first-order valence-electron chi connectivity index (χ1n) is 6.42. The second-order valence-corrected chi connectivity index (χ2v) is 6.09. The maximum atomic E-state index is 12.6. The number of nitrogens with one attached hydrogen (secondary N) is 1. The van der Waals surface area contributed by atoms with E-state index in [9.17, 15) is 8.42 Å². The molecule has 8 nitrogen and oxygen atoms in total. The molecule has 0 atom stereocenters. The monoisotopic (exact) mass is 303 g/mol. The van der Waals surface area contributed by atoms with Crippen molar-refractivity contribution in [2.24, 2.45) is 5.84 Å². The van der Waals surface area contributed by atoms with Gasteiger partial charge in [0, 0.05) is 12.6 Å². The summed E-state index contributed by atoms with van der Waals surface area (Å²) >= 11 is 0. The number of sulfonamides is 1. The molecule has 0 amide bonds. The van der Waals surface area contributed by atoms with E-state index >= 15 is 0 Å². The van der Waals surface area contributed by atoms with E-state index in [-0.39, 0.29) is 30.0 Å². The Morgan fingerprint density at radius 1 is 1.35 bits per heavy atom. The Morgan fingerprint density at radius 3 is 2.30 bits per heavy atom. The molecule has 0 aliphatic carbocycles. The van der Waals surface area contributed by atoms with Crippen LogP contribution in [0.2, 0.25) is 0 Å². The van der Waals surface area contributed by atoms with Crippen LogP contribution in [0.4, 0.5) is 5.95 Å². The van der Waals surface area contributed by atoms with Crippen LogP contribution in [0.3, 0.4) is 0 Å². The van der Waals surface area contributed by atoms with Gasteiger partial charge in [-0.15, -0.1) is 0 Å². The quantitative estimate of drug-likeness (QED) is 0.454. The SMILES string of the molecule is CCC(CC)N(CCO)S(=O)(=O)c1cnc(NN)nc1. The third-order valence-electron chi connectivity index (χ3n) is 3.03. The summed E-state index contributed by atoms with van der Waals surface area (Å²) in [6.45, 7) is 3.63. The van der Waals surface area contributed by atoms with E-state index in [1.54, 1.807) is 0 Å². The fourth-order valence-electron chi connectivity index (χ4n) is 1.95. The highest BCUT2D eigenvalue weighted by molar-refractivity contribution is 7.89. The highest BCUT2D eigenvalue weighted by atomic mass is 32.2. The van der Waals surface area contributed by atoms with Crippen LogP contribution in [-0.4, -0.2) is 47.0 Å². The lowest BCUT2D eigenvalue weighted by Crippen LogP contribution is -2.41. The maximum absolute atomic E-state index is 12.6. The molecule has 1 aromatic heterocycles. The minimum atomic E-state index is -3.73. The van der Waals surface area contributed by atoms with Gasteiger partial charge in [-0.1, -0.05) is 13.8 Å². The van der Waals surface area contributed by atoms with Crippen LogP contribution < -0.4 is 11.3 Å². The first kappa shape index (κ1) is 16.8. The van der Waals surface area contributed by atoms with Gasteiger partial charge in [-0.05, 0) is 12.8 Å². The zero-order valence-electron chi connectivity index (χ0n) is 11.7. The summed E-state index contributed by atoms with van der Waals surface area (Å²) < 4.78 is 26.4. The van der Waals surface area contributed by atoms with Gasteiger partial charge in [-0.3, -0.25) is 5.43 Å². The zero-order chi connectivity index (χ0) is 15.2. The van der Waals surface area contributed by atoms with Crippen molar-refractivity contribution >= 4 is 16.0 Å². The summed E-state index contributed by atoms with van der Waals surface area (Å²) in [5, 5.41) is 9.11. The second kappa shape index (κ2) is 7.48. The topological polar surface area (TPSA) is 121 Å². The van der Waals surface area contributed by atoms with Crippen molar-refractivity contribution in [1.82, 2.24) is 14.3 Å². The minimum Gasteiger partial charge on any atom is -0.395 e. The van der Waals surface area contributed by atoms with E-state index in [0.717, 1.165) is 0 Å². The molecule has 9 heteroatoms. The molecule has 0 aliphatic rings. The highest BCUT2D eigenvalue weighted by Gasteiger charge is 2.29. The lowest BCUT2D eigenvalue weighted by Gasteiger charge is -2.28. The first-order valence-corrected chi connectivity index (χ1v) is 7.86. The fraction of sp³-hybridized carbons (Fsp3) is 0.636. The highest BCUT2D eigenvalue weighted by Crippen LogP contribution is 2.20. The molecule has 1 rings (SSSR count). The van der Waals surface area contributed by atoms with Crippen LogP contribution in [0.1, 0.15) is 26.7 Å². The third kappa shape index (κ3) is 3.63. The smallest absolute Gasteiger partial charge is 0.246 e. The number of nitrogens with two attached hydrogens (primary N) is 1. The van der Waals surface area contributed by atoms with Gasteiger partial charge in [0.2, 0.25) is 16.0 Å². The molecule has 4 N–H and O–H groups in total. The van der Waals surface area contributed by atoms with E-state index in [1.165, 1.54) is 16.7 Å². The predicted octanol–water partition coefficient (Wildman–Crippen LogP) is -0.0662. The van der Waals surface area contributed by atoms with E-state index in [2.05, 4.69) is 15.4 Å². The molecule has 1 heterocycles. The third-order valence-corrected chi connectivity index (χ3v) is 4.94. The van der Waals surface area contributed by atoms with Gasteiger partial charge in [0.15, 0.2) is 0 Å². The Balaban J connectivity index is 3.14. The van der Waals surface area contributed by atoms with Gasteiger partial charge in [-0.2, -0.15) is 4.31 Å². The molecular formula is C11H21N5O3S. The average molecular weight is 303 g/mol. The van der Waals surface area contributed by atoms with Crippen LogP contribution in [0.25, 0.3) is 0 Å². The number of aliphatic hydroxyl groups is 1. The molecule has 20 heavy (non-hydrogen) atoms. The summed E-state index contributed by atoms with van der Waals surface area (Å²) in [6, 6.07) is -0.167. The Bertz CT molecular complexity index is 501. The molecule has 0 radical (unpaired) electrons. The standard InChI is InChI=1S/C11H21N5O3S/c1-3-9(4-2)16(5-6-17)20(18,19)10-7-13-11(15-12)14-8-10/h7-9,17H,3-6,12H2,1-2H3,(H,13,14,15). The van der Waals surface area contributed by atoms with Gasteiger partial charge in [0.25, 0.3) is 0 Å². The van der Waals surface area contributed by atoms with Crippen molar-refractivity contribution in [2.45, 2.75) is 37.6 Å². The van der Waals surface area contributed by atoms with Gasteiger partial charge in [0.05, 0.1) is 19.0 Å². The second-order valence-electron chi connectivity index (χ2n) is 4.20. The molecule has 0 unspecified atom stereocenters. The van der Waals surface area contributed by atoms with Gasteiger partial charge in [-0.25, -0.2) is 24.2 Å². The van der Waals surface area contributed by atoms with E-state index in [4.69, 9.17) is 10.9 Å². The van der Waals surface area contributed by atoms with Crippen LogP contribution >= 0.6 is 0 Å². The summed E-state index contributed by atoms with van der Waals surface area (Å²) in [5.41, 5.74) is 2.23. The van der Waals surface area contributed by atoms with Crippen molar-refractivity contribution in [3.8, 4) is 0 Å². The minimum absolute atomic E-state index is 0.0168. The number of anilines is 1. The number of hydrogen-bond acceptors (Lipinski definition) is 7. The van der Waals surface area contributed by atoms with Crippen LogP contribution in [-0.2, 0) is 10.0 Å². The zero-order valence-corrected chi connectivity index (χ0v) is 12.5. The van der Waals surface area contributed by atoms with E-state index in [0.29, 0.717) is 12.8 Å². The number of nitrogen functional groups attached to an aromatic ring is 1. The number of nitrogens with zero attached hydrogens (tertiary/aromatic N) is 3. The van der Waals surface area contributed by atoms with Crippen molar-refractivity contribution < 1.29 is 13.5 Å². The van der Waals surface area contributed by atoms with Gasteiger partial charge in [0.1, 0.15) is 4.90 Å². The van der Waals surface area contributed by atoms with E-state index in [1.807, 2.05) is 13.8 Å². The Labute approximate surface area is 119 Å². The molecule has 0 aromatic carbocycles. The molecule has 0 aliphatic heterocycles. The molecule has 114 valence electrons. The van der Waals surface area contributed by atoms with Crippen LogP contribution in [0.5, 0.6) is 0 Å². The number of hydrogen-bond donors (Lipinski definition) is 3. The van der Waals surface area contributed by atoms with Gasteiger partial charge < -0.3 is 5.11 Å². The Kier molecular flexibility index (Phi) is 6.27. The van der Waals surface area contributed by atoms with Gasteiger partial charge >= 0.3 is 0 Å². The van der Waals surface area contributed by atoms with Crippen molar-refractivity contribution in [3.63, 3.8) is 0 Å². The first-order chi connectivity index (χ1) is 9.51. The summed E-state index contributed by atoms with van der Waals surface area (Å²) in [6.07, 6.45) is 3.73. The Hall–Kier alpha value is -1.29. The predicted molar refractivity (Wildman–Crippen MR) is 75.2 cm³/mol. The molecular weight excluding hydrogens is 282 g/mol. The number of hydrazine groups is 1. The molecule has 0 bridgehead atoms. The lowest BCUT2D eigenvalue weighted by atomic mass is 10.2. The molecule has 1 aromatic rings. The average Bonchev–Trinajstić information content (AvgIpc) is 2.47. The summed E-state index contributed by atoms with van der Waals surface area (Å²) in [5.74, 6) is 5.28. The van der Waals surface area contributed by atoms with Crippen LogP contribution in [0.15, 0.2) is 17.3 Å². The molecule has 0 saturated carbocycles. The van der Waals surface area contributed by atoms with Crippen molar-refractivity contribution in [3.05, 3.63) is 12.4 Å². The van der Waals surface area contributed by atoms with E-state index < -0.39 is 10.0 Å². The summed E-state index contributed by atoms with van der Waals surface area (Å²) in [7, 11) is -3.73. The van der Waals surface area contributed by atoms with Crippen molar-refractivity contribution in [1.29, 1.82) is 0 Å².